The van der Waals surface area contributed by atoms with Crippen LogP contribution in [0.3, 0.4) is 0 Å². The Kier molecular flexibility index (Phi) is 8.64. The Labute approximate surface area is 262 Å². The summed E-state index contributed by atoms with van der Waals surface area (Å²) in [5.41, 5.74) is 0.0768. The van der Waals surface area contributed by atoms with E-state index in [9.17, 15) is 38.2 Å². The van der Waals surface area contributed by atoms with Gasteiger partial charge in [0.25, 0.3) is 23.2 Å². The highest BCUT2D eigenvalue weighted by Gasteiger charge is 2.55. The average molecular weight is 650 g/mol. The van der Waals surface area contributed by atoms with E-state index < -0.39 is 60.8 Å². The molecule has 0 aromatic heterocycles. The Morgan fingerprint density at radius 2 is 1.44 bits per heavy atom. The van der Waals surface area contributed by atoms with Gasteiger partial charge in [0.15, 0.2) is 6.17 Å². The third-order valence-corrected chi connectivity index (χ3v) is 8.76. The van der Waals surface area contributed by atoms with Crippen molar-refractivity contribution in [3.63, 3.8) is 0 Å². The van der Waals surface area contributed by atoms with Gasteiger partial charge in [0.2, 0.25) is 10.0 Å². The smallest absolute Gasteiger partial charge is 0.271 e. The first-order chi connectivity index (χ1) is 21.4. The zero-order valence-corrected chi connectivity index (χ0v) is 25.0. The normalized spacial score (nSPS) is 14.9. The summed E-state index contributed by atoms with van der Waals surface area (Å²) in [5, 5.41) is 25.3. The number of nitrogens with zero attached hydrogens (tertiary/aromatic N) is 4. The Bertz CT molecular complexity index is 1870. The standard InChI is InChI=1S/C30H24ClN5O8S/c1-19-7-13-26(14-8-19)45(43,44)32-27(15-20-5-3-2-4-6-20)30(38)34-28(21-9-11-23(31)12-10-21)33(34)29(37)22-16-24(35(39)40)18-25(17-22)36(41)42/h2-14,16-18,27-28,32H,15H2,1H3/t27-,28-,33?,34?/m0/s1. The Morgan fingerprint density at radius 1 is 0.867 bits per heavy atom. The van der Waals surface area contributed by atoms with E-state index >= 15 is 0 Å². The fraction of sp³-hybridized carbons (Fsp3) is 0.133. The molecule has 0 bridgehead atoms. The molecule has 1 fully saturated rings. The molecule has 4 aromatic rings. The second kappa shape index (κ2) is 12.4. The number of aryl methyl sites for hydroxylation is 1. The lowest BCUT2D eigenvalue weighted by atomic mass is 10.1. The molecule has 5 rings (SSSR count). The van der Waals surface area contributed by atoms with Crippen molar-refractivity contribution in [3.05, 3.63) is 145 Å². The summed E-state index contributed by atoms with van der Waals surface area (Å²) in [4.78, 5) is 49.1. The number of sulfonamides is 1. The van der Waals surface area contributed by atoms with Crippen molar-refractivity contribution >= 4 is 44.8 Å². The molecule has 2 amide bonds. The van der Waals surface area contributed by atoms with Crippen LogP contribution in [0.1, 0.15) is 33.2 Å². The van der Waals surface area contributed by atoms with E-state index in [-0.39, 0.29) is 11.3 Å². The highest BCUT2D eigenvalue weighted by molar-refractivity contribution is 7.89. The minimum Gasteiger partial charge on any atom is -0.271 e. The first kappa shape index (κ1) is 31.3. The van der Waals surface area contributed by atoms with E-state index in [1.807, 2.05) is 0 Å². The number of amides is 2. The maximum atomic E-state index is 14.2. The van der Waals surface area contributed by atoms with Gasteiger partial charge in [-0.1, -0.05) is 71.8 Å². The highest BCUT2D eigenvalue weighted by Crippen LogP contribution is 2.44. The lowest BCUT2D eigenvalue weighted by molar-refractivity contribution is -0.394. The molecule has 1 aliphatic heterocycles. The average Bonchev–Trinajstić information content (AvgIpc) is 3.76. The number of rotatable bonds is 10. The molecule has 0 aliphatic carbocycles. The fourth-order valence-electron chi connectivity index (χ4n) is 4.75. The number of hydrazine groups is 1. The van der Waals surface area contributed by atoms with E-state index in [1.165, 1.54) is 24.3 Å². The lowest BCUT2D eigenvalue weighted by Gasteiger charge is -2.19. The maximum absolute atomic E-state index is 14.2. The number of halogens is 1. The number of hydrogen-bond donors (Lipinski definition) is 1. The molecule has 13 nitrogen and oxygen atoms in total. The van der Waals surface area contributed by atoms with Gasteiger partial charge in [-0.3, -0.25) is 29.8 Å². The topological polar surface area (TPSA) is 173 Å². The molecule has 1 heterocycles. The van der Waals surface area contributed by atoms with E-state index in [2.05, 4.69) is 4.72 Å². The van der Waals surface area contributed by atoms with Gasteiger partial charge in [-0.15, -0.1) is 0 Å². The number of nitrogens with one attached hydrogen (secondary N) is 1. The quantitative estimate of drug-likeness (QED) is 0.143. The predicted octanol–water partition coefficient (Wildman–Crippen LogP) is 4.95. The molecule has 0 unspecified atom stereocenters. The van der Waals surface area contributed by atoms with E-state index in [0.29, 0.717) is 22.2 Å². The van der Waals surface area contributed by atoms with Gasteiger partial charge in [-0.25, -0.2) is 18.4 Å². The number of nitro benzene ring substituents is 2. The van der Waals surface area contributed by atoms with Crippen molar-refractivity contribution in [1.29, 1.82) is 0 Å². The fourth-order valence-corrected chi connectivity index (χ4v) is 6.06. The highest BCUT2D eigenvalue weighted by atomic mass is 35.5. The van der Waals surface area contributed by atoms with Crippen LogP contribution in [0.25, 0.3) is 0 Å². The molecular weight excluding hydrogens is 626 g/mol. The summed E-state index contributed by atoms with van der Waals surface area (Å²) in [6.07, 6.45) is -1.15. The summed E-state index contributed by atoms with van der Waals surface area (Å²) in [5.74, 6) is -1.75. The van der Waals surface area contributed by atoms with Crippen molar-refractivity contribution in [2.75, 3.05) is 0 Å². The van der Waals surface area contributed by atoms with Crippen LogP contribution in [-0.4, -0.2) is 46.1 Å². The second-order valence-corrected chi connectivity index (χ2v) is 12.3. The molecule has 0 saturated carbocycles. The molecular formula is C30H24ClN5O8S. The van der Waals surface area contributed by atoms with Crippen LogP contribution >= 0.6 is 11.6 Å². The van der Waals surface area contributed by atoms with Crippen molar-refractivity contribution in [3.8, 4) is 0 Å². The molecule has 45 heavy (non-hydrogen) atoms. The Balaban J connectivity index is 1.55. The molecule has 230 valence electrons. The first-order valence-corrected chi connectivity index (χ1v) is 15.2. The molecule has 2 atom stereocenters. The van der Waals surface area contributed by atoms with Gasteiger partial charge in [0.05, 0.1) is 26.4 Å². The number of non-ortho nitro benzene ring substituents is 2. The largest absolute Gasteiger partial charge is 0.277 e. The summed E-state index contributed by atoms with van der Waals surface area (Å²) in [7, 11) is -4.22. The number of benzene rings is 4. The number of carbonyl (C=O) groups is 2. The van der Waals surface area contributed by atoms with Gasteiger partial charge in [0, 0.05) is 17.2 Å². The van der Waals surface area contributed by atoms with Crippen LogP contribution in [0.15, 0.2) is 102 Å². The third-order valence-electron chi connectivity index (χ3n) is 7.02. The van der Waals surface area contributed by atoms with E-state index in [0.717, 1.165) is 27.7 Å². The summed E-state index contributed by atoms with van der Waals surface area (Å²) >= 11 is 6.04. The molecule has 1 saturated heterocycles. The molecule has 15 heteroatoms. The summed E-state index contributed by atoms with van der Waals surface area (Å²) in [6, 6.07) is 21.9. The Morgan fingerprint density at radius 3 is 2.00 bits per heavy atom. The van der Waals surface area contributed by atoms with Crippen molar-refractivity contribution in [2.45, 2.75) is 30.4 Å². The number of carbonyl (C=O) groups excluding carboxylic acids is 2. The Hall–Kier alpha value is -5.18. The van der Waals surface area contributed by atoms with E-state index in [4.69, 9.17) is 11.6 Å². The van der Waals surface area contributed by atoms with Crippen molar-refractivity contribution < 1.29 is 27.9 Å². The molecule has 1 aliphatic rings. The first-order valence-electron chi connectivity index (χ1n) is 13.3. The summed E-state index contributed by atoms with van der Waals surface area (Å²) in [6.45, 7) is 1.80. The van der Waals surface area contributed by atoms with Crippen LogP contribution < -0.4 is 4.72 Å². The minimum absolute atomic E-state index is 0.0733. The van der Waals surface area contributed by atoms with Crippen LogP contribution in [0.5, 0.6) is 0 Å². The van der Waals surface area contributed by atoms with Crippen LogP contribution in [0.2, 0.25) is 5.02 Å². The number of hydrogen-bond acceptors (Lipinski definition) is 8. The van der Waals surface area contributed by atoms with Gasteiger partial charge in [-0.2, -0.15) is 4.72 Å². The zero-order valence-electron chi connectivity index (χ0n) is 23.4. The summed E-state index contributed by atoms with van der Waals surface area (Å²) < 4.78 is 29.3. The molecule has 0 spiro atoms. The maximum Gasteiger partial charge on any atom is 0.277 e. The molecule has 4 aromatic carbocycles. The molecule has 0 radical (unpaired) electrons. The van der Waals surface area contributed by atoms with Gasteiger partial charge in [0.1, 0.15) is 6.04 Å². The minimum atomic E-state index is -4.22. The SMILES string of the molecule is Cc1ccc(S(=O)(=O)N[C@@H](Cc2ccccc2)C(=O)N2[C@@H](c3ccc(Cl)cc3)N2C(=O)c2cc([N+](=O)[O-])cc([N+](=O)[O-])c2)cc1. The number of nitro groups is 2. The van der Waals surface area contributed by atoms with Crippen LogP contribution in [0, 0.1) is 27.2 Å². The van der Waals surface area contributed by atoms with Crippen molar-refractivity contribution in [2.24, 2.45) is 0 Å². The predicted molar refractivity (Wildman–Crippen MR) is 162 cm³/mol. The van der Waals surface area contributed by atoms with E-state index in [1.54, 1.807) is 61.5 Å². The molecule has 1 N–H and O–H groups in total. The van der Waals surface area contributed by atoms with Crippen LogP contribution in [0.4, 0.5) is 11.4 Å². The lowest BCUT2D eigenvalue weighted by Crippen LogP contribution is -2.46. The van der Waals surface area contributed by atoms with Crippen molar-refractivity contribution in [1.82, 2.24) is 14.7 Å². The van der Waals surface area contributed by atoms with Gasteiger partial charge >= 0.3 is 0 Å². The monoisotopic (exact) mass is 649 g/mol. The van der Waals surface area contributed by atoms with Gasteiger partial charge < -0.3 is 0 Å². The zero-order chi connectivity index (χ0) is 32.5. The van der Waals surface area contributed by atoms with Gasteiger partial charge in [-0.05, 0) is 48.7 Å². The third kappa shape index (κ3) is 6.82. The van der Waals surface area contributed by atoms with Crippen LogP contribution in [-0.2, 0) is 21.2 Å². The second-order valence-electron chi connectivity index (χ2n) is 10.2.